The molecule has 27 heavy (non-hydrogen) atoms. The predicted octanol–water partition coefficient (Wildman–Crippen LogP) is 8.74. The van der Waals surface area contributed by atoms with E-state index in [4.69, 9.17) is 0 Å². The van der Waals surface area contributed by atoms with Crippen LogP contribution in [-0.2, 0) is 6.42 Å². The van der Waals surface area contributed by atoms with Gasteiger partial charge in [-0.25, -0.2) is 0 Å². The third-order valence-electron chi connectivity index (χ3n) is 7.85. The lowest BCUT2D eigenvalue weighted by Gasteiger charge is -2.35. The lowest BCUT2D eigenvalue weighted by Crippen LogP contribution is -2.22. The van der Waals surface area contributed by atoms with Crippen molar-refractivity contribution in [2.75, 3.05) is 0 Å². The summed E-state index contributed by atoms with van der Waals surface area (Å²) in [5, 5.41) is 0. The largest absolute Gasteiger partial charge is 0.0622 e. The van der Waals surface area contributed by atoms with Crippen LogP contribution in [0.2, 0.25) is 0 Å². The first-order valence-electron chi connectivity index (χ1n) is 12.1. The molecular weight excluding hydrogens is 324 g/mol. The molecule has 0 nitrogen and oxygen atoms in total. The molecule has 4 rings (SSSR count). The lowest BCUT2D eigenvalue weighted by atomic mass is 9.70. The number of hydrogen-bond acceptors (Lipinski definition) is 0. The molecule has 3 fully saturated rings. The fourth-order valence-electron chi connectivity index (χ4n) is 6.19. The van der Waals surface area contributed by atoms with Gasteiger partial charge >= 0.3 is 0 Å². The first kappa shape index (κ1) is 20.9. The molecule has 0 amide bonds. The summed E-state index contributed by atoms with van der Waals surface area (Å²) in [6, 6.07) is 10.9. The van der Waals surface area contributed by atoms with Crippen LogP contribution in [0, 0.1) is 16.7 Å². The summed E-state index contributed by atoms with van der Waals surface area (Å²) in [5.41, 5.74) is 2.84. The van der Waals surface area contributed by atoms with E-state index in [-0.39, 0.29) is 0 Å². The maximum Gasteiger partial charge on any atom is -0.0225 e. The highest BCUT2D eigenvalue weighted by Gasteiger charge is 2.30. The first-order valence-corrected chi connectivity index (χ1v) is 12.1. The molecule has 1 aromatic rings. The van der Waals surface area contributed by atoms with Gasteiger partial charge in [-0.2, -0.15) is 0 Å². The van der Waals surface area contributed by atoms with Crippen molar-refractivity contribution in [1.82, 2.24) is 0 Å². The van der Waals surface area contributed by atoms with Crippen LogP contribution in [0.4, 0.5) is 0 Å². The monoisotopic (exact) mass is 368 g/mol. The summed E-state index contributed by atoms with van der Waals surface area (Å²) in [4.78, 5) is 0. The lowest BCUT2D eigenvalue weighted by molar-refractivity contribution is 0.166. The molecule has 0 radical (unpaired) electrons. The quantitative estimate of drug-likeness (QED) is 0.498. The van der Waals surface area contributed by atoms with E-state index in [1.807, 2.05) is 0 Å². The van der Waals surface area contributed by atoms with Crippen molar-refractivity contribution in [3.8, 4) is 0 Å². The Hall–Kier alpha value is -0.780. The van der Waals surface area contributed by atoms with Crippen molar-refractivity contribution in [3.63, 3.8) is 0 Å². The van der Waals surface area contributed by atoms with Crippen molar-refractivity contribution in [1.29, 1.82) is 0 Å². The summed E-state index contributed by atoms with van der Waals surface area (Å²) in [5.74, 6) is 1.10. The van der Waals surface area contributed by atoms with E-state index in [1.165, 1.54) is 102 Å². The summed E-state index contributed by atoms with van der Waals surface area (Å²) in [6.07, 6.45) is 23.6. The molecule has 0 heteroatoms. The number of benzene rings is 1. The smallest absolute Gasteiger partial charge is 0.0225 e. The van der Waals surface area contributed by atoms with Gasteiger partial charge in [0.1, 0.15) is 0 Å². The topological polar surface area (TPSA) is 0 Å². The zero-order valence-corrected chi connectivity index (χ0v) is 18.3. The second kappa shape index (κ2) is 10.1. The van der Waals surface area contributed by atoms with E-state index in [0.717, 1.165) is 11.3 Å². The van der Waals surface area contributed by atoms with E-state index in [1.54, 1.807) is 6.42 Å². The van der Waals surface area contributed by atoms with Crippen LogP contribution in [-0.4, -0.2) is 0 Å². The van der Waals surface area contributed by atoms with Crippen LogP contribution >= 0.6 is 0 Å². The summed E-state index contributed by atoms with van der Waals surface area (Å²) in [7, 11) is 0. The van der Waals surface area contributed by atoms with Gasteiger partial charge < -0.3 is 0 Å². The van der Waals surface area contributed by atoms with E-state index < -0.39 is 0 Å². The molecule has 3 aliphatic rings. The number of rotatable bonds is 4. The van der Waals surface area contributed by atoms with Gasteiger partial charge in [0.05, 0.1) is 0 Å². The normalized spacial score (nSPS) is 24.8. The van der Waals surface area contributed by atoms with Crippen LogP contribution in [0.3, 0.4) is 0 Å². The highest BCUT2D eigenvalue weighted by molar-refractivity contribution is 5.16. The van der Waals surface area contributed by atoms with Gasteiger partial charge in [0.15, 0.2) is 0 Å². The maximum absolute atomic E-state index is 2.55. The first-order chi connectivity index (χ1) is 13.1. The van der Waals surface area contributed by atoms with E-state index in [2.05, 4.69) is 44.2 Å². The van der Waals surface area contributed by atoms with Crippen molar-refractivity contribution in [3.05, 3.63) is 35.9 Å². The van der Waals surface area contributed by atoms with Crippen molar-refractivity contribution >= 4 is 0 Å². The van der Waals surface area contributed by atoms with Crippen molar-refractivity contribution < 1.29 is 0 Å². The molecule has 1 aromatic carbocycles. The Kier molecular flexibility index (Phi) is 7.86. The SMILES string of the molecule is CC1(CC2CCCC2)CCCCC1.CC1(Cc2ccccc2)CCCCC1. The third kappa shape index (κ3) is 6.95. The fourth-order valence-corrected chi connectivity index (χ4v) is 6.19. The Morgan fingerprint density at radius 2 is 1.19 bits per heavy atom. The molecule has 0 aromatic heterocycles. The summed E-state index contributed by atoms with van der Waals surface area (Å²) in [6.45, 7) is 5.00. The molecule has 152 valence electrons. The van der Waals surface area contributed by atoms with Gasteiger partial charge in [-0.15, -0.1) is 0 Å². The molecule has 0 unspecified atom stereocenters. The molecule has 0 heterocycles. The standard InChI is InChI=1S/C14H20.C13H24/c1-14(10-6-3-7-11-14)12-13-8-4-2-5-9-13;1-13(9-5-2-6-10-13)11-12-7-3-4-8-12/h2,4-5,8-9H,3,6-7,10-12H2,1H3;12H,2-11H2,1H3. The number of hydrogen-bond donors (Lipinski definition) is 0. The minimum absolute atomic E-state index is 0.583. The Morgan fingerprint density at radius 1 is 0.667 bits per heavy atom. The zero-order chi connectivity index (χ0) is 19.0. The van der Waals surface area contributed by atoms with Crippen LogP contribution in [0.25, 0.3) is 0 Å². The minimum atomic E-state index is 0.583. The molecule has 0 saturated heterocycles. The average molecular weight is 369 g/mol. The van der Waals surface area contributed by atoms with Gasteiger partial charge in [0.25, 0.3) is 0 Å². The van der Waals surface area contributed by atoms with Crippen LogP contribution in [0.1, 0.15) is 116 Å². The fraction of sp³-hybridized carbons (Fsp3) is 0.778. The van der Waals surface area contributed by atoms with Gasteiger partial charge in [-0.05, 0) is 60.8 Å². The Bertz CT molecular complexity index is 510. The van der Waals surface area contributed by atoms with Gasteiger partial charge in [0.2, 0.25) is 0 Å². The second-order valence-corrected chi connectivity index (χ2v) is 10.8. The van der Waals surface area contributed by atoms with Crippen molar-refractivity contribution in [2.45, 2.75) is 117 Å². The van der Waals surface area contributed by atoms with E-state index in [0.29, 0.717) is 5.41 Å². The Labute approximate surface area is 169 Å². The molecular formula is C27H44. The highest BCUT2D eigenvalue weighted by Crippen LogP contribution is 2.44. The Morgan fingerprint density at radius 3 is 1.74 bits per heavy atom. The molecule has 0 N–H and O–H groups in total. The molecule has 3 aliphatic carbocycles. The van der Waals surface area contributed by atoms with Crippen LogP contribution < -0.4 is 0 Å². The molecule has 0 bridgehead atoms. The van der Waals surface area contributed by atoms with E-state index in [9.17, 15) is 0 Å². The average Bonchev–Trinajstić information content (AvgIpc) is 3.16. The van der Waals surface area contributed by atoms with Gasteiger partial charge in [-0.3, -0.25) is 0 Å². The molecule has 3 saturated carbocycles. The van der Waals surface area contributed by atoms with Gasteiger partial charge in [-0.1, -0.05) is 108 Å². The zero-order valence-electron chi connectivity index (χ0n) is 18.3. The van der Waals surface area contributed by atoms with Crippen LogP contribution in [0.5, 0.6) is 0 Å². The maximum atomic E-state index is 2.55. The molecule has 0 atom stereocenters. The Balaban J connectivity index is 0.000000156. The van der Waals surface area contributed by atoms with Gasteiger partial charge in [0, 0.05) is 0 Å². The van der Waals surface area contributed by atoms with Crippen molar-refractivity contribution in [2.24, 2.45) is 16.7 Å². The summed E-state index contributed by atoms with van der Waals surface area (Å²) >= 11 is 0. The third-order valence-corrected chi connectivity index (χ3v) is 7.85. The summed E-state index contributed by atoms with van der Waals surface area (Å²) < 4.78 is 0. The van der Waals surface area contributed by atoms with E-state index >= 15 is 0 Å². The molecule has 0 spiro atoms. The second-order valence-electron chi connectivity index (χ2n) is 10.8. The van der Waals surface area contributed by atoms with Crippen LogP contribution in [0.15, 0.2) is 30.3 Å². The predicted molar refractivity (Wildman–Crippen MR) is 119 cm³/mol. The highest BCUT2D eigenvalue weighted by atomic mass is 14.4. The molecule has 0 aliphatic heterocycles. The minimum Gasteiger partial charge on any atom is -0.0622 e.